The molecule has 0 spiro atoms. The van der Waals surface area contributed by atoms with E-state index in [4.69, 9.17) is 4.74 Å². The van der Waals surface area contributed by atoms with Crippen LogP contribution in [0.1, 0.15) is 26.2 Å². The van der Waals surface area contributed by atoms with Crippen molar-refractivity contribution < 1.29 is 4.74 Å². The molecule has 0 aromatic carbocycles. The third kappa shape index (κ3) is 4.89. The first-order chi connectivity index (χ1) is 6.33. The average Bonchev–Trinajstić information content (AvgIpc) is 2.57. The van der Waals surface area contributed by atoms with E-state index in [2.05, 4.69) is 18.5 Å². The van der Waals surface area contributed by atoms with Crippen molar-refractivity contribution >= 4 is 11.8 Å². The first-order valence-corrected chi connectivity index (χ1v) is 6.56. The second-order valence-corrected chi connectivity index (χ2v) is 4.64. The fourth-order valence-electron chi connectivity index (χ4n) is 1.67. The largest absolute Gasteiger partial charge is 0.378 e. The first kappa shape index (κ1) is 11.3. The molecule has 2 unspecified atom stereocenters. The summed E-state index contributed by atoms with van der Waals surface area (Å²) in [5.41, 5.74) is 0. The number of hydrogen-bond acceptors (Lipinski definition) is 3. The van der Waals surface area contributed by atoms with Gasteiger partial charge in [0, 0.05) is 18.4 Å². The van der Waals surface area contributed by atoms with E-state index in [1.54, 1.807) is 0 Å². The van der Waals surface area contributed by atoms with Gasteiger partial charge in [-0.15, -0.1) is 0 Å². The van der Waals surface area contributed by atoms with Gasteiger partial charge in [-0.3, -0.25) is 0 Å². The van der Waals surface area contributed by atoms with E-state index >= 15 is 0 Å². The Labute approximate surface area is 85.8 Å². The van der Waals surface area contributed by atoms with E-state index in [-0.39, 0.29) is 0 Å². The summed E-state index contributed by atoms with van der Waals surface area (Å²) < 4.78 is 5.55. The minimum atomic E-state index is 0.536. The Morgan fingerprint density at radius 3 is 3.08 bits per heavy atom. The van der Waals surface area contributed by atoms with E-state index in [1.165, 1.54) is 25.0 Å². The van der Waals surface area contributed by atoms with Gasteiger partial charge in [0.05, 0.1) is 6.10 Å². The minimum absolute atomic E-state index is 0.536. The van der Waals surface area contributed by atoms with Gasteiger partial charge in [-0.05, 0) is 39.0 Å². The summed E-state index contributed by atoms with van der Waals surface area (Å²) in [7, 11) is 0. The van der Waals surface area contributed by atoms with Crippen molar-refractivity contribution in [3.63, 3.8) is 0 Å². The average molecular weight is 203 g/mol. The third-order valence-electron chi connectivity index (χ3n) is 2.40. The first-order valence-electron chi connectivity index (χ1n) is 5.17. The van der Waals surface area contributed by atoms with Crippen LogP contribution in [0, 0.1) is 0 Å². The van der Waals surface area contributed by atoms with E-state index in [0.29, 0.717) is 12.1 Å². The predicted molar refractivity (Wildman–Crippen MR) is 59.4 cm³/mol. The van der Waals surface area contributed by atoms with Gasteiger partial charge in [0.2, 0.25) is 0 Å². The second kappa shape index (κ2) is 6.68. The lowest BCUT2D eigenvalue weighted by atomic mass is 10.2. The van der Waals surface area contributed by atoms with Crippen molar-refractivity contribution in [1.82, 2.24) is 5.32 Å². The summed E-state index contributed by atoms with van der Waals surface area (Å²) >= 11 is 1.90. The topological polar surface area (TPSA) is 21.3 Å². The summed E-state index contributed by atoms with van der Waals surface area (Å²) in [6.07, 6.45) is 6.38. The molecule has 0 radical (unpaired) electrons. The van der Waals surface area contributed by atoms with Crippen molar-refractivity contribution in [2.24, 2.45) is 0 Å². The normalized spacial score (nSPS) is 24.9. The fraction of sp³-hybridized carbons (Fsp3) is 1.00. The zero-order valence-corrected chi connectivity index (χ0v) is 9.53. The lowest BCUT2D eigenvalue weighted by Gasteiger charge is -2.14. The van der Waals surface area contributed by atoms with Crippen molar-refractivity contribution in [2.75, 3.05) is 25.2 Å². The number of rotatable bonds is 6. The molecule has 1 fully saturated rings. The van der Waals surface area contributed by atoms with Crippen LogP contribution < -0.4 is 5.32 Å². The summed E-state index contributed by atoms with van der Waals surface area (Å²) in [6.45, 7) is 4.32. The smallest absolute Gasteiger partial charge is 0.0588 e. The van der Waals surface area contributed by atoms with Crippen LogP contribution in [0.4, 0.5) is 0 Å². The molecule has 13 heavy (non-hydrogen) atoms. The van der Waals surface area contributed by atoms with E-state index in [9.17, 15) is 0 Å². The molecule has 1 heterocycles. The molecule has 1 aliphatic heterocycles. The molecule has 1 rings (SSSR count). The maximum atomic E-state index is 5.55. The van der Waals surface area contributed by atoms with Crippen LogP contribution in [0.25, 0.3) is 0 Å². The van der Waals surface area contributed by atoms with Gasteiger partial charge in [0.1, 0.15) is 0 Å². The number of hydrogen-bond donors (Lipinski definition) is 1. The Bertz CT molecular complexity index is 126. The molecule has 3 heteroatoms. The van der Waals surface area contributed by atoms with Crippen molar-refractivity contribution in [2.45, 2.75) is 38.3 Å². The van der Waals surface area contributed by atoms with Crippen LogP contribution in [0.2, 0.25) is 0 Å². The lowest BCUT2D eigenvalue weighted by Crippen LogP contribution is -2.30. The molecule has 1 N–H and O–H groups in total. The van der Waals surface area contributed by atoms with Crippen LogP contribution in [-0.2, 0) is 4.74 Å². The molecule has 1 saturated heterocycles. The Kier molecular flexibility index (Phi) is 5.83. The van der Waals surface area contributed by atoms with E-state index < -0.39 is 0 Å². The highest BCUT2D eigenvalue weighted by Crippen LogP contribution is 2.14. The molecule has 0 bridgehead atoms. The minimum Gasteiger partial charge on any atom is -0.378 e. The molecular weight excluding hydrogens is 182 g/mol. The number of nitrogens with one attached hydrogen (secondary N) is 1. The maximum absolute atomic E-state index is 5.55. The van der Waals surface area contributed by atoms with Gasteiger partial charge in [0.15, 0.2) is 0 Å². The van der Waals surface area contributed by atoms with Gasteiger partial charge >= 0.3 is 0 Å². The molecule has 0 saturated carbocycles. The van der Waals surface area contributed by atoms with Gasteiger partial charge in [-0.1, -0.05) is 0 Å². The van der Waals surface area contributed by atoms with E-state index in [0.717, 1.165) is 13.2 Å². The Morgan fingerprint density at radius 2 is 2.46 bits per heavy atom. The maximum Gasteiger partial charge on any atom is 0.0588 e. The Hall–Kier alpha value is 0.270. The molecule has 78 valence electrons. The van der Waals surface area contributed by atoms with Gasteiger partial charge in [-0.25, -0.2) is 0 Å². The van der Waals surface area contributed by atoms with Crippen molar-refractivity contribution in [3.05, 3.63) is 0 Å². The molecule has 0 aliphatic carbocycles. The molecule has 0 aromatic heterocycles. The van der Waals surface area contributed by atoms with Gasteiger partial charge < -0.3 is 10.1 Å². The quantitative estimate of drug-likeness (QED) is 0.712. The summed E-state index contributed by atoms with van der Waals surface area (Å²) in [5.74, 6) is 1.20. The lowest BCUT2D eigenvalue weighted by molar-refractivity contribution is 0.104. The Balaban J connectivity index is 1.93. The number of ether oxygens (including phenoxy) is 1. The van der Waals surface area contributed by atoms with Crippen LogP contribution in [0.3, 0.4) is 0 Å². The number of thioether (sulfide) groups is 1. The van der Waals surface area contributed by atoms with Crippen LogP contribution in [-0.4, -0.2) is 37.3 Å². The highest BCUT2D eigenvalue weighted by molar-refractivity contribution is 7.98. The Morgan fingerprint density at radius 1 is 1.62 bits per heavy atom. The standard InChI is InChI=1S/C10H21NOS/c1-9(8-13-2)11-6-5-10-4-3-7-12-10/h9-11H,3-8H2,1-2H3. The predicted octanol–water partition coefficient (Wildman–Crippen LogP) is 1.90. The summed E-state index contributed by atoms with van der Waals surface area (Å²) in [5, 5.41) is 3.51. The van der Waals surface area contributed by atoms with Crippen LogP contribution in [0.15, 0.2) is 0 Å². The molecule has 0 amide bonds. The SMILES string of the molecule is CSCC(C)NCCC1CCCO1. The highest BCUT2D eigenvalue weighted by Gasteiger charge is 2.14. The van der Waals surface area contributed by atoms with Crippen molar-refractivity contribution in [1.29, 1.82) is 0 Å². The fourth-order valence-corrected chi connectivity index (χ4v) is 2.29. The zero-order chi connectivity index (χ0) is 9.52. The monoisotopic (exact) mass is 203 g/mol. The van der Waals surface area contributed by atoms with Crippen LogP contribution in [0.5, 0.6) is 0 Å². The molecule has 2 nitrogen and oxygen atoms in total. The summed E-state index contributed by atoms with van der Waals surface area (Å²) in [4.78, 5) is 0. The zero-order valence-electron chi connectivity index (χ0n) is 8.71. The molecule has 1 aliphatic rings. The second-order valence-electron chi connectivity index (χ2n) is 3.73. The highest BCUT2D eigenvalue weighted by atomic mass is 32.2. The summed E-state index contributed by atoms with van der Waals surface area (Å²) in [6, 6.07) is 0.636. The van der Waals surface area contributed by atoms with E-state index in [1.807, 2.05) is 11.8 Å². The van der Waals surface area contributed by atoms with Gasteiger partial charge in [0.25, 0.3) is 0 Å². The molecular formula is C10H21NOS. The third-order valence-corrected chi connectivity index (χ3v) is 3.23. The van der Waals surface area contributed by atoms with Crippen LogP contribution >= 0.6 is 11.8 Å². The molecule has 2 atom stereocenters. The van der Waals surface area contributed by atoms with Gasteiger partial charge in [-0.2, -0.15) is 11.8 Å². The van der Waals surface area contributed by atoms with Crippen molar-refractivity contribution in [3.8, 4) is 0 Å². The molecule has 0 aromatic rings.